The highest BCUT2D eigenvalue weighted by molar-refractivity contribution is 5.90. The first-order valence-corrected chi connectivity index (χ1v) is 7.69. The molecule has 1 aliphatic rings. The maximum Gasteiger partial charge on any atom is 0.326 e. The zero-order valence-corrected chi connectivity index (χ0v) is 13.1. The van der Waals surface area contributed by atoms with Crippen molar-refractivity contribution in [3.05, 3.63) is 0 Å². The van der Waals surface area contributed by atoms with Crippen LogP contribution in [0.4, 0.5) is 0 Å². The molecule has 1 aliphatic heterocycles. The number of hydrogen-bond donors (Lipinski definition) is 2. The summed E-state index contributed by atoms with van der Waals surface area (Å²) in [5.41, 5.74) is 0. The molecule has 2 amide bonds. The molecule has 1 fully saturated rings. The van der Waals surface area contributed by atoms with E-state index < -0.39 is 18.1 Å². The Morgan fingerprint density at radius 3 is 2.52 bits per heavy atom. The van der Waals surface area contributed by atoms with Gasteiger partial charge in [0.2, 0.25) is 11.8 Å². The largest absolute Gasteiger partial charge is 0.480 e. The van der Waals surface area contributed by atoms with Gasteiger partial charge in [0.05, 0.1) is 0 Å². The van der Waals surface area contributed by atoms with Gasteiger partial charge in [-0.15, -0.1) is 0 Å². The van der Waals surface area contributed by atoms with Crippen LogP contribution in [-0.4, -0.2) is 46.4 Å². The van der Waals surface area contributed by atoms with Crippen molar-refractivity contribution < 1.29 is 19.5 Å². The van der Waals surface area contributed by atoms with E-state index in [0.29, 0.717) is 32.2 Å². The standard InChI is InChI=1S/C15H26N2O4/c1-4-6-13(18)16-11(9-10(2)3)14(19)17-8-5-7-12(17)15(20)21/h10-12H,4-9H2,1-3H3,(H,16,18)(H,20,21). The van der Waals surface area contributed by atoms with Crippen molar-refractivity contribution >= 4 is 17.8 Å². The Balaban J connectivity index is 2.79. The van der Waals surface area contributed by atoms with Crippen molar-refractivity contribution in [2.24, 2.45) is 5.92 Å². The summed E-state index contributed by atoms with van der Waals surface area (Å²) in [5.74, 6) is -1.14. The predicted octanol–water partition coefficient (Wildman–Crippen LogP) is 1.39. The number of carbonyl (C=O) groups is 3. The van der Waals surface area contributed by atoms with E-state index in [1.54, 1.807) is 0 Å². The number of rotatable bonds is 7. The second-order valence-corrected chi connectivity index (χ2v) is 6.03. The molecular weight excluding hydrogens is 272 g/mol. The first-order valence-electron chi connectivity index (χ1n) is 7.69. The van der Waals surface area contributed by atoms with E-state index in [-0.39, 0.29) is 17.7 Å². The normalized spacial score (nSPS) is 19.6. The van der Waals surface area contributed by atoms with E-state index in [4.69, 9.17) is 0 Å². The van der Waals surface area contributed by atoms with Crippen molar-refractivity contribution in [2.45, 2.75) is 65.0 Å². The molecule has 1 saturated heterocycles. The summed E-state index contributed by atoms with van der Waals surface area (Å²) in [6, 6.07) is -1.38. The van der Waals surface area contributed by atoms with Crippen LogP contribution in [0.25, 0.3) is 0 Å². The maximum absolute atomic E-state index is 12.6. The van der Waals surface area contributed by atoms with Gasteiger partial charge in [0.25, 0.3) is 0 Å². The van der Waals surface area contributed by atoms with Crippen molar-refractivity contribution in [2.75, 3.05) is 6.54 Å². The molecule has 0 aliphatic carbocycles. The summed E-state index contributed by atoms with van der Waals surface area (Å²) >= 11 is 0. The molecule has 0 aromatic carbocycles. The summed E-state index contributed by atoms with van der Waals surface area (Å²) in [6.45, 7) is 6.31. The van der Waals surface area contributed by atoms with Gasteiger partial charge in [-0.05, 0) is 31.6 Å². The summed E-state index contributed by atoms with van der Waals surface area (Å²) < 4.78 is 0. The van der Waals surface area contributed by atoms with Crippen molar-refractivity contribution in [3.63, 3.8) is 0 Å². The van der Waals surface area contributed by atoms with E-state index in [0.717, 1.165) is 6.42 Å². The molecule has 120 valence electrons. The van der Waals surface area contributed by atoms with Gasteiger partial charge in [0, 0.05) is 13.0 Å². The highest BCUT2D eigenvalue weighted by atomic mass is 16.4. The monoisotopic (exact) mass is 298 g/mol. The van der Waals surface area contributed by atoms with Gasteiger partial charge in [-0.3, -0.25) is 9.59 Å². The minimum absolute atomic E-state index is 0.150. The second kappa shape index (κ2) is 8.00. The topological polar surface area (TPSA) is 86.7 Å². The Morgan fingerprint density at radius 2 is 2.00 bits per heavy atom. The van der Waals surface area contributed by atoms with Crippen LogP contribution in [0.5, 0.6) is 0 Å². The molecule has 0 aromatic rings. The van der Waals surface area contributed by atoms with E-state index in [2.05, 4.69) is 5.32 Å². The Labute approximate surface area is 125 Å². The average Bonchev–Trinajstić information content (AvgIpc) is 2.86. The van der Waals surface area contributed by atoms with Crippen LogP contribution in [0.1, 0.15) is 52.9 Å². The number of likely N-dealkylation sites (tertiary alicyclic amines) is 1. The van der Waals surface area contributed by atoms with Crippen LogP contribution >= 0.6 is 0 Å². The lowest BCUT2D eigenvalue weighted by atomic mass is 10.0. The summed E-state index contributed by atoms with van der Waals surface area (Å²) in [6.07, 6.45) is 2.80. The molecule has 2 atom stereocenters. The molecule has 6 nitrogen and oxygen atoms in total. The third-order valence-corrected chi connectivity index (χ3v) is 3.64. The Morgan fingerprint density at radius 1 is 1.33 bits per heavy atom. The number of aliphatic carboxylic acids is 1. The first kappa shape index (κ1) is 17.5. The number of carboxylic acid groups (broad SMARTS) is 1. The Hall–Kier alpha value is -1.59. The number of carboxylic acids is 1. The van der Waals surface area contributed by atoms with Gasteiger partial charge in [-0.1, -0.05) is 20.8 Å². The van der Waals surface area contributed by atoms with E-state index in [1.165, 1.54) is 4.90 Å². The molecule has 0 bridgehead atoms. The minimum atomic E-state index is -0.968. The predicted molar refractivity (Wildman–Crippen MR) is 78.7 cm³/mol. The Bertz CT molecular complexity index is 395. The summed E-state index contributed by atoms with van der Waals surface area (Å²) in [4.78, 5) is 37.0. The molecule has 2 N–H and O–H groups in total. The molecule has 21 heavy (non-hydrogen) atoms. The quantitative estimate of drug-likeness (QED) is 0.743. The van der Waals surface area contributed by atoms with E-state index in [9.17, 15) is 19.5 Å². The third kappa shape index (κ3) is 5.02. The van der Waals surface area contributed by atoms with Crippen LogP contribution in [0, 0.1) is 5.92 Å². The van der Waals surface area contributed by atoms with Gasteiger partial charge in [0.15, 0.2) is 0 Å². The molecule has 1 rings (SSSR count). The number of nitrogens with zero attached hydrogens (tertiary/aromatic N) is 1. The fourth-order valence-electron chi connectivity index (χ4n) is 2.67. The lowest BCUT2D eigenvalue weighted by Gasteiger charge is -2.28. The molecule has 0 aromatic heterocycles. The smallest absolute Gasteiger partial charge is 0.326 e. The molecule has 0 spiro atoms. The van der Waals surface area contributed by atoms with Crippen LogP contribution in [-0.2, 0) is 14.4 Å². The van der Waals surface area contributed by atoms with Gasteiger partial charge >= 0.3 is 5.97 Å². The zero-order chi connectivity index (χ0) is 16.0. The average molecular weight is 298 g/mol. The van der Waals surface area contributed by atoms with E-state index in [1.807, 2.05) is 20.8 Å². The Kier molecular flexibility index (Phi) is 6.65. The first-order chi connectivity index (χ1) is 9.86. The highest BCUT2D eigenvalue weighted by Crippen LogP contribution is 2.20. The lowest BCUT2D eigenvalue weighted by Crippen LogP contribution is -2.52. The molecule has 0 radical (unpaired) electrons. The maximum atomic E-state index is 12.6. The summed E-state index contributed by atoms with van der Waals surface area (Å²) in [7, 11) is 0. The van der Waals surface area contributed by atoms with Gasteiger partial charge in [0.1, 0.15) is 12.1 Å². The van der Waals surface area contributed by atoms with Crippen LogP contribution < -0.4 is 5.32 Å². The van der Waals surface area contributed by atoms with Crippen LogP contribution in [0.3, 0.4) is 0 Å². The molecule has 0 saturated carbocycles. The fraction of sp³-hybridized carbons (Fsp3) is 0.800. The summed E-state index contributed by atoms with van der Waals surface area (Å²) in [5, 5.41) is 11.9. The van der Waals surface area contributed by atoms with Crippen molar-refractivity contribution in [3.8, 4) is 0 Å². The SMILES string of the molecule is CCCC(=O)NC(CC(C)C)C(=O)N1CCCC1C(=O)O. The van der Waals surface area contributed by atoms with Crippen molar-refractivity contribution in [1.82, 2.24) is 10.2 Å². The van der Waals surface area contributed by atoms with Gasteiger partial charge < -0.3 is 15.3 Å². The number of amides is 2. The van der Waals surface area contributed by atoms with Gasteiger partial charge in [-0.2, -0.15) is 0 Å². The molecule has 6 heteroatoms. The minimum Gasteiger partial charge on any atom is -0.480 e. The fourth-order valence-corrected chi connectivity index (χ4v) is 2.67. The molecule has 1 heterocycles. The third-order valence-electron chi connectivity index (χ3n) is 3.64. The number of carbonyl (C=O) groups excluding carboxylic acids is 2. The number of nitrogens with one attached hydrogen (secondary N) is 1. The molecule has 2 unspecified atom stereocenters. The highest BCUT2D eigenvalue weighted by Gasteiger charge is 2.37. The van der Waals surface area contributed by atoms with Crippen LogP contribution in [0.15, 0.2) is 0 Å². The lowest BCUT2D eigenvalue weighted by molar-refractivity contribution is -0.149. The van der Waals surface area contributed by atoms with Crippen molar-refractivity contribution in [1.29, 1.82) is 0 Å². The number of hydrogen-bond acceptors (Lipinski definition) is 3. The van der Waals surface area contributed by atoms with Gasteiger partial charge in [-0.25, -0.2) is 4.79 Å². The van der Waals surface area contributed by atoms with E-state index >= 15 is 0 Å². The molecular formula is C15H26N2O4. The van der Waals surface area contributed by atoms with Crippen LogP contribution in [0.2, 0.25) is 0 Å². The zero-order valence-electron chi connectivity index (χ0n) is 13.1. The second-order valence-electron chi connectivity index (χ2n) is 6.03.